The quantitative estimate of drug-likeness (QED) is 0.444. The summed E-state index contributed by atoms with van der Waals surface area (Å²) in [4.78, 5) is 11.5. The molecular weight excluding hydrogens is 209 g/mol. The molecule has 1 aromatic carbocycles. The van der Waals surface area contributed by atoms with Crippen molar-refractivity contribution in [3.63, 3.8) is 0 Å². The van der Waals surface area contributed by atoms with E-state index in [0.717, 1.165) is 5.56 Å². The average molecular weight is 223 g/mol. The lowest BCUT2D eigenvalue weighted by molar-refractivity contribution is -0.143. The number of hydrogen-bond acceptors (Lipinski definition) is 3. The molecule has 0 N–H and O–H groups in total. The summed E-state index contributed by atoms with van der Waals surface area (Å²) in [6.45, 7) is 2.26. The van der Waals surface area contributed by atoms with Gasteiger partial charge in [-0.15, -0.1) is 0 Å². The fourth-order valence-electron chi connectivity index (χ4n) is 1.73. The highest BCUT2D eigenvalue weighted by Gasteiger charge is 2.51. The number of carbonyl (C=O) groups is 1. The Balaban J connectivity index is 2.06. The first-order valence-corrected chi connectivity index (χ1v) is 5.52. The lowest BCUT2D eigenvalue weighted by Gasteiger charge is -1.98. The van der Waals surface area contributed by atoms with E-state index in [1.54, 1.807) is 0 Å². The molecule has 2 unspecified atom stereocenters. The van der Waals surface area contributed by atoms with Crippen LogP contribution in [0.5, 0.6) is 0 Å². The van der Waals surface area contributed by atoms with Crippen LogP contribution in [-0.2, 0) is 9.53 Å². The van der Waals surface area contributed by atoms with E-state index in [1.807, 2.05) is 41.9 Å². The molecule has 3 nitrogen and oxygen atoms in total. The Kier molecular flexibility index (Phi) is 3.03. The molecule has 4 heteroatoms. The molecule has 15 heavy (non-hydrogen) atoms. The molecule has 80 valence electrons. The van der Waals surface area contributed by atoms with Crippen LogP contribution in [0.1, 0.15) is 18.5 Å². The van der Waals surface area contributed by atoms with Crippen LogP contribution in [0.4, 0.5) is 0 Å². The van der Waals surface area contributed by atoms with Crippen molar-refractivity contribution in [2.75, 3.05) is 6.61 Å². The standard InChI is InChI=1S/C11H14NO2P/c1-2-14-11(13)10-9(12(10)15)8-6-4-3-5-7-8/h3-7,9-10H,2,15H2,1H3/t9-,10-,12?/m1/s1. The molecule has 1 aliphatic rings. The third kappa shape index (κ3) is 2.04. The fraction of sp³-hybridized carbons (Fsp3) is 0.364. The van der Waals surface area contributed by atoms with Crippen molar-refractivity contribution in [3.05, 3.63) is 35.9 Å². The van der Waals surface area contributed by atoms with Crippen molar-refractivity contribution >= 4 is 15.4 Å². The normalized spacial score (nSPS) is 28.5. The molecule has 0 radical (unpaired) electrons. The Hall–Kier alpha value is -0.920. The predicted molar refractivity (Wildman–Crippen MR) is 61.2 cm³/mol. The van der Waals surface area contributed by atoms with E-state index in [1.165, 1.54) is 0 Å². The van der Waals surface area contributed by atoms with Gasteiger partial charge >= 0.3 is 5.97 Å². The molecule has 1 aromatic rings. The number of benzene rings is 1. The second-order valence-electron chi connectivity index (χ2n) is 3.50. The molecule has 1 aliphatic heterocycles. The largest absolute Gasteiger partial charge is 0.465 e. The summed E-state index contributed by atoms with van der Waals surface area (Å²) < 4.78 is 6.93. The summed E-state index contributed by atoms with van der Waals surface area (Å²) in [6, 6.07) is 10.0. The number of rotatable bonds is 3. The van der Waals surface area contributed by atoms with E-state index in [0.29, 0.717) is 6.61 Å². The number of esters is 1. The van der Waals surface area contributed by atoms with Gasteiger partial charge in [0.15, 0.2) is 0 Å². The van der Waals surface area contributed by atoms with Crippen molar-refractivity contribution in [1.29, 1.82) is 0 Å². The minimum Gasteiger partial charge on any atom is -0.465 e. The van der Waals surface area contributed by atoms with Crippen molar-refractivity contribution in [2.45, 2.75) is 19.0 Å². The predicted octanol–water partition coefficient (Wildman–Crippen LogP) is 1.77. The van der Waals surface area contributed by atoms with E-state index >= 15 is 0 Å². The molecule has 2 rings (SSSR count). The SMILES string of the molecule is CCOC(=O)[C@H]1[C@@H](c2ccccc2)N1P. The summed E-state index contributed by atoms with van der Waals surface area (Å²) in [7, 11) is 2.57. The van der Waals surface area contributed by atoms with Crippen molar-refractivity contribution < 1.29 is 9.53 Å². The van der Waals surface area contributed by atoms with Gasteiger partial charge in [-0.3, -0.25) is 9.46 Å². The van der Waals surface area contributed by atoms with Crippen molar-refractivity contribution in [1.82, 2.24) is 4.67 Å². The minimum atomic E-state index is -0.138. The Morgan fingerprint density at radius 3 is 2.73 bits per heavy atom. The Morgan fingerprint density at radius 1 is 1.47 bits per heavy atom. The van der Waals surface area contributed by atoms with Gasteiger partial charge in [0.05, 0.1) is 12.6 Å². The second kappa shape index (κ2) is 4.30. The van der Waals surface area contributed by atoms with Gasteiger partial charge in [-0.25, -0.2) is 0 Å². The monoisotopic (exact) mass is 223 g/mol. The van der Waals surface area contributed by atoms with E-state index in [4.69, 9.17) is 4.74 Å². The summed E-state index contributed by atoms with van der Waals surface area (Å²) >= 11 is 0. The van der Waals surface area contributed by atoms with Gasteiger partial charge in [0.1, 0.15) is 6.04 Å². The summed E-state index contributed by atoms with van der Waals surface area (Å²) in [6.07, 6.45) is 0. The maximum absolute atomic E-state index is 11.5. The van der Waals surface area contributed by atoms with Gasteiger partial charge in [0.2, 0.25) is 0 Å². The highest BCUT2D eigenvalue weighted by molar-refractivity contribution is 7.14. The third-order valence-electron chi connectivity index (χ3n) is 2.52. The molecule has 1 saturated heterocycles. The summed E-state index contributed by atoms with van der Waals surface area (Å²) in [5, 5.41) is 0. The molecule has 0 bridgehead atoms. The lowest BCUT2D eigenvalue weighted by atomic mass is 10.1. The number of hydrogen-bond donors (Lipinski definition) is 0. The van der Waals surface area contributed by atoms with Crippen LogP contribution in [0.25, 0.3) is 0 Å². The second-order valence-corrected chi connectivity index (χ2v) is 4.10. The zero-order chi connectivity index (χ0) is 10.8. The number of nitrogens with zero attached hydrogens (tertiary/aromatic N) is 1. The highest BCUT2D eigenvalue weighted by Crippen LogP contribution is 2.46. The Bertz CT molecular complexity index is 355. The van der Waals surface area contributed by atoms with E-state index < -0.39 is 0 Å². The van der Waals surface area contributed by atoms with Gasteiger partial charge in [-0.2, -0.15) is 0 Å². The Labute approximate surface area is 91.7 Å². The summed E-state index contributed by atoms with van der Waals surface area (Å²) in [5.41, 5.74) is 1.16. The molecule has 0 amide bonds. The molecule has 0 saturated carbocycles. The molecule has 0 aliphatic carbocycles. The Morgan fingerprint density at radius 2 is 2.13 bits per heavy atom. The number of ether oxygens (including phenoxy) is 1. The van der Waals surface area contributed by atoms with Crippen LogP contribution in [-0.4, -0.2) is 23.3 Å². The molecule has 0 spiro atoms. The maximum Gasteiger partial charge on any atom is 0.325 e. The van der Waals surface area contributed by atoms with E-state index in [9.17, 15) is 4.79 Å². The van der Waals surface area contributed by atoms with Crippen molar-refractivity contribution in [3.8, 4) is 0 Å². The molecule has 4 atom stereocenters. The third-order valence-corrected chi connectivity index (χ3v) is 3.16. The number of carbonyl (C=O) groups excluding carboxylic acids is 1. The zero-order valence-corrected chi connectivity index (χ0v) is 9.74. The van der Waals surface area contributed by atoms with Crippen LogP contribution in [0.3, 0.4) is 0 Å². The summed E-state index contributed by atoms with van der Waals surface area (Å²) in [5.74, 6) is -0.138. The van der Waals surface area contributed by atoms with Crippen LogP contribution >= 0.6 is 9.39 Å². The van der Waals surface area contributed by atoms with Crippen LogP contribution < -0.4 is 0 Å². The average Bonchev–Trinajstić information content (AvgIpc) is 2.92. The van der Waals surface area contributed by atoms with Crippen LogP contribution in [0, 0.1) is 0 Å². The van der Waals surface area contributed by atoms with Gasteiger partial charge in [-0.05, 0) is 12.5 Å². The molecule has 1 heterocycles. The van der Waals surface area contributed by atoms with Gasteiger partial charge in [-0.1, -0.05) is 39.7 Å². The molecule has 0 aromatic heterocycles. The van der Waals surface area contributed by atoms with Crippen LogP contribution in [0.2, 0.25) is 0 Å². The first-order valence-electron chi connectivity index (χ1n) is 5.00. The maximum atomic E-state index is 11.5. The van der Waals surface area contributed by atoms with Gasteiger partial charge < -0.3 is 4.74 Å². The topological polar surface area (TPSA) is 29.3 Å². The first kappa shape index (κ1) is 10.6. The molecule has 1 fully saturated rings. The van der Waals surface area contributed by atoms with E-state index in [2.05, 4.69) is 9.39 Å². The zero-order valence-electron chi connectivity index (χ0n) is 8.59. The molecular formula is C11H14NO2P. The van der Waals surface area contributed by atoms with E-state index in [-0.39, 0.29) is 18.1 Å². The lowest BCUT2D eigenvalue weighted by Crippen LogP contribution is -2.13. The minimum absolute atomic E-state index is 0.127. The van der Waals surface area contributed by atoms with Gasteiger partial charge in [0.25, 0.3) is 0 Å². The smallest absolute Gasteiger partial charge is 0.325 e. The highest BCUT2D eigenvalue weighted by atomic mass is 31.0. The first-order chi connectivity index (χ1) is 7.25. The van der Waals surface area contributed by atoms with Crippen LogP contribution in [0.15, 0.2) is 30.3 Å². The van der Waals surface area contributed by atoms with Crippen molar-refractivity contribution in [2.24, 2.45) is 0 Å². The van der Waals surface area contributed by atoms with Gasteiger partial charge in [0, 0.05) is 0 Å². The fourth-order valence-corrected chi connectivity index (χ4v) is 2.27.